The standard InChI is InChI=1S/C16H25N3O/c1-2-15(11-6-4-3-5-7-11)19-16(20)13-9-8-12(17)10-14(13)18/h8-11,15H,2-7,17-18H2,1H3,(H,19,20). The maximum Gasteiger partial charge on any atom is 0.253 e. The summed E-state index contributed by atoms with van der Waals surface area (Å²) in [6.45, 7) is 2.13. The third-order valence-electron chi connectivity index (χ3n) is 4.30. The lowest BCUT2D eigenvalue weighted by Crippen LogP contribution is -2.40. The highest BCUT2D eigenvalue weighted by Gasteiger charge is 2.24. The normalized spacial score (nSPS) is 17.6. The molecule has 1 aromatic rings. The molecule has 110 valence electrons. The van der Waals surface area contributed by atoms with E-state index in [4.69, 9.17) is 11.5 Å². The van der Waals surface area contributed by atoms with Crippen LogP contribution in [0.5, 0.6) is 0 Å². The second-order valence-corrected chi connectivity index (χ2v) is 5.73. The summed E-state index contributed by atoms with van der Waals surface area (Å²) in [4.78, 5) is 12.4. The largest absolute Gasteiger partial charge is 0.399 e. The van der Waals surface area contributed by atoms with Crippen LogP contribution in [0.3, 0.4) is 0 Å². The first-order valence-corrected chi connectivity index (χ1v) is 7.57. The van der Waals surface area contributed by atoms with Gasteiger partial charge in [0.25, 0.3) is 5.91 Å². The Morgan fingerprint density at radius 2 is 2.00 bits per heavy atom. The lowest BCUT2D eigenvalue weighted by Gasteiger charge is -2.30. The second kappa shape index (κ2) is 6.64. The van der Waals surface area contributed by atoms with E-state index in [9.17, 15) is 4.79 Å². The number of nitrogen functional groups attached to an aromatic ring is 2. The number of carbonyl (C=O) groups excluding carboxylic acids is 1. The molecule has 0 radical (unpaired) electrons. The van der Waals surface area contributed by atoms with Gasteiger partial charge in [-0.25, -0.2) is 0 Å². The SMILES string of the molecule is CCC(NC(=O)c1ccc(N)cc1N)C1CCCCC1. The number of benzene rings is 1. The monoisotopic (exact) mass is 275 g/mol. The average molecular weight is 275 g/mol. The van der Waals surface area contributed by atoms with Crippen LogP contribution in [0.1, 0.15) is 55.8 Å². The fourth-order valence-corrected chi connectivity index (χ4v) is 3.12. The first-order valence-electron chi connectivity index (χ1n) is 7.57. The minimum atomic E-state index is -0.0834. The highest BCUT2D eigenvalue weighted by molar-refractivity contribution is 5.99. The summed E-state index contributed by atoms with van der Waals surface area (Å²) in [5.74, 6) is 0.521. The van der Waals surface area contributed by atoms with Crippen molar-refractivity contribution in [3.8, 4) is 0 Å². The topological polar surface area (TPSA) is 81.1 Å². The summed E-state index contributed by atoms with van der Waals surface area (Å²) in [6, 6.07) is 5.30. The van der Waals surface area contributed by atoms with Gasteiger partial charge in [0.2, 0.25) is 0 Å². The van der Waals surface area contributed by atoms with Crippen molar-refractivity contribution in [2.24, 2.45) is 5.92 Å². The van der Waals surface area contributed by atoms with Gasteiger partial charge < -0.3 is 16.8 Å². The number of anilines is 2. The van der Waals surface area contributed by atoms with Crippen LogP contribution >= 0.6 is 0 Å². The minimum Gasteiger partial charge on any atom is -0.399 e. The Bertz CT molecular complexity index is 467. The summed E-state index contributed by atoms with van der Waals surface area (Å²) in [5, 5.41) is 3.15. The van der Waals surface area contributed by atoms with Crippen LogP contribution in [0.15, 0.2) is 18.2 Å². The van der Waals surface area contributed by atoms with Crippen molar-refractivity contribution in [2.75, 3.05) is 11.5 Å². The second-order valence-electron chi connectivity index (χ2n) is 5.73. The molecule has 0 aromatic heterocycles. The number of carbonyl (C=O) groups is 1. The lowest BCUT2D eigenvalue weighted by atomic mass is 9.83. The highest BCUT2D eigenvalue weighted by Crippen LogP contribution is 2.28. The predicted octanol–water partition coefficient (Wildman–Crippen LogP) is 2.94. The van der Waals surface area contributed by atoms with Gasteiger partial charge in [0.1, 0.15) is 0 Å². The molecule has 20 heavy (non-hydrogen) atoms. The van der Waals surface area contributed by atoms with Gasteiger partial charge in [-0.2, -0.15) is 0 Å². The summed E-state index contributed by atoms with van der Waals surface area (Å²) >= 11 is 0. The maximum atomic E-state index is 12.4. The van der Waals surface area contributed by atoms with E-state index < -0.39 is 0 Å². The van der Waals surface area contributed by atoms with Crippen molar-refractivity contribution in [3.63, 3.8) is 0 Å². The Kier molecular flexibility index (Phi) is 4.88. The maximum absolute atomic E-state index is 12.4. The van der Waals surface area contributed by atoms with E-state index in [1.807, 2.05) is 0 Å². The zero-order valence-electron chi connectivity index (χ0n) is 12.2. The van der Waals surface area contributed by atoms with Crippen LogP contribution < -0.4 is 16.8 Å². The number of hydrogen-bond donors (Lipinski definition) is 3. The molecule has 2 rings (SSSR count). The fraction of sp³-hybridized carbons (Fsp3) is 0.562. The predicted molar refractivity (Wildman–Crippen MR) is 83.4 cm³/mol. The van der Waals surface area contributed by atoms with Crippen LogP contribution in [0.2, 0.25) is 0 Å². The zero-order chi connectivity index (χ0) is 14.5. The van der Waals surface area contributed by atoms with Crippen molar-refractivity contribution in [3.05, 3.63) is 23.8 Å². The Labute approximate surface area is 120 Å². The molecule has 5 N–H and O–H groups in total. The Hall–Kier alpha value is -1.71. The third-order valence-corrected chi connectivity index (χ3v) is 4.30. The van der Waals surface area contributed by atoms with Gasteiger partial charge in [-0.05, 0) is 43.4 Å². The summed E-state index contributed by atoms with van der Waals surface area (Å²) in [7, 11) is 0. The molecule has 4 heteroatoms. The first-order chi connectivity index (χ1) is 9.61. The number of nitrogens with one attached hydrogen (secondary N) is 1. The molecular formula is C16H25N3O. The highest BCUT2D eigenvalue weighted by atomic mass is 16.1. The van der Waals surface area contributed by atoms with E-state index in [0.717, 1.165) is 6.42 Å². The molecule has 1 aliphatic carbocycles. The number of nitrogens with two attached hydrogens (primary N) is 2. The molecule has 0 aliphatic heterocycles. The molecule has 1 unspecified atom stereocenters. The van der Waals surface area contributed by atoms with Crippen LogP contribution in [0.25, 0.3) is 0 Å². The molecular weight excluding hydrogens is 250 g/mol. The summed E-state index contributed by atoms with van der Waals surface area (Å²) in [6.07, 6.45) is 7.28. The summed E-state index contributed by atoms with van der Waals surface area (Å²) in [5.41, 5.74) is 13.1. The fourth-order valence-electron chi connectivity index (χ4n) is 3.12. The van der Waals surface area contributed by atoms with Crippen LogP contribution in [0.4, 0.5) is 11.4 Å². The molecule has 4 nitrogen and oxygen atoms in total. The van der Waals surface area contributed by atoms with E-state index in [1.165, 1.54) is 32.1 Å². The van der Waals surface area contributed by atoms with Gasteiger partial charge in [-0.15, -0.1) is 0 Å². The van der Waals surface area contributed by atoms with E-state index in [-0.39, 0.29) is 11.9 Å². The molecule has 1 amide bonds. The molecule has 1 aliphatic rings. The summed E-state index contributed by atoms with van der Waals surface area (Å²) < 4.78 is 0. The zero-order valence-corrected chi connectivity index (χ0v) is 12.2. The number of hydrogen-bond acceptors (Lipinski definition) is 3. The molecule has 1 aromatic carbocycles. The van der Waals surface area contributed by atoms with Gasteiger partial charge in [0.15, 0.2) is 0 Å². The van der Waals surface area contributed by atoms with Crippen molar-refractivity contribution in [2.45, 2.75) is 51.5 Å². The quantitative estimate of drug-likeness (QED) is 0.739. The molecule has 1 fully saturated rings. The molecule has 0 heterocycles. The van der Waals surface area contributed by atoms with Gasteiger partial charge in [-0.3, -0.25) is 4.79 Å². The van der Waals surface area contributed by atoms with E-state index in [1.54, 1.807) is 18.2 Å². The van der Waals surface area contributed by atoms with Gasteiger partial charge >= 0.3 is 0 Å². The van der Waals surface area contributed by atoms with Crippen molar-refractivity contribution < 1.29 is 4.79 Å². The lowest BCUT2D eigenvalue weighted by molar-refractivity contribution is 0.0912. The molecule has 0 spiro atoms. The van der Waals surface area contributed by atoms with Gasteiger partial charge in [0.05, 0.1) is 5.56 Å². The van der Waals surface area contributed by atoms with Crippen LogP contribution in [0, 0.1) is 5.92 Å². The smallest absolute Gasteiger partial charge is 0.253 e. The van der Waals surface area contributed by atoms with Gasteiger partial charge in [0, 0.05) is 17.4 Å². The van der Waals surface area contributed by atoms with E-state index >= 15 is 0 Å². The average Bonchev–Trinajstić information content (AvgIpc) is 2.45. The number of rotatable bonds is 4. The Morgan fingerprint density at radius 3 is 2.60 bits per heavy atom. The van der Waals surface area contributed by atoms with Crippen molar-refractivity contribution in [1.82, 2.24) is 5.32 Å². The van der Waals surface area contributed by atoms with Gasteiger partial charge in [-0.1, -0.05) is 26.2 Å². The molecule has 1 atom stereocenters. The Balaban J connectivity index is 2.04. The minimum absolute atomic E-state index is 0.0834. The van der Waals surface area contributed by atoms with E-state index in [2.05, 4.69) is 12.2 Å². The number of amides is 1. The molecule has 0 bridgehead atoms. The van der Waals surface area contributed by atoms with Crippen LogP contribution in [-0.2, 0) is 0 Å². The third kappa shape index (κ3) is 3.44. The molecule has 0 saturated heterocycles. The molecule has 1 saturated carbocycles. The van der Waals surface area contributed by atoms with Crippen molar-refractivity contribution >= 4 is 17.3 Å². The first kappa shape index (κ1) is 14.7. The van der Waals surface area contributed by atoms with E-state index in [0.29, 0.717) is 22.9 Å². The van der Waals surface area contributed by atoms with Crippen LogP contribution in [-0.4, -0.2) is 11.9 Å². The van der Waals surface area contributed by atoms with Crippen molar-refractivity contribution in [1.29, 1.82) is 0 Å². The Morgan fingerprint density at radius 1 is 1.30 bits per heavy atom.